The number of nitrogens with two attached hydrogens (primary N) is 1. The van der Waals surface area contributed by atoms with Crippen molar-refractivity contribution in [2.45, 2.75) is 13.0 Å². The Balaban J connectivity index is 2.40. The third kappa shape index (κ3) is 2.91. The predicted octanol–water partition coefficient (Wildman–Crippen LogP) is 3.36. The van der Waals surface area contributed by atoms with Gasteiger partial charge in [0.2, 0.25) is 0 Å². The summed E-state index contributed by atoms with van der Waals surface area (Å²) >= 11 is 6.84. The van der Waals surface area contributed by atoms with E-state index in [1.807, 2.05) is 19.1 Å². The second kappa shape index (κ2) is 5.25. The average molecular weight is 357 g/mol. The van der Waals surface area contributed by atoms with Gasteiger partial charge in [-0.2, -0.15) is 0 Å². The zero-order chi connectivity index (χ0) is 12.4. The van der Waals surface area contributed by atoms with E-state index in [9.17, 15) is 0 Å². The van der Waals surface area contributed by atoms with Gasteiger partial charge >= 0.3 is 0 Å². The summed E-state index contributed by atoms with van der Waals surface area (Å²) in [7, 11) is 0. The molecule has 0 bridgehead atoms. The lowest BCUT2D eigenvalue weighted by Gasteiger charge is -2.13. The van der Waals surface area contributed by atoms with Gasteiger partial charge in [-0.05, 0) is 56.0 Å². The lowest BCUT2D eigenvalue weighted by atomic mass is 10.1. The van der Waals surface area contributed by atoms with Gasteiger partial charge in [-0.3, -0.25) is 9.97 Å². The molecular weight excluding hydrogens is 346 g/mol. The molecule has 1 unspecified atom stereocenters. The Morgan fingerprint density at radius 2 is 1.94 bits per heavy atom. The van der Waals surface area contributed by atoms with Crippen LogP contribution in [0.2, 0.25) is 0 Å². The van der Waals surface area contributed by atoms with Crippen molar-refractivity contribution in [3.63, 3.8) is 0 Å². The maximum atomic E-state index is 6.19. The Morgan fingerprint density at radius 3 is 2.59 bits per heavy atom. The minimum absolute atomic E-state index is 0.273. The van der Waals surface area contributed by atoms with E-state index in [4.69, 9.17) is 5.73 Å². The SMILES string of the molecule is Cc1cncc(C(N)c2ncc(Br)cc2Br)c1. The smallest absolute Gasteiger partial charge is 0.0759 e. The van der Waals surface area contributed by atoms with Gasteiger partial charge in [-0.15, -0.1) is 0 Å². The molecule has 2 N–H and O–H groups in total. The first-order chi connectivity index (χ1) is 8.08. The van der Waals surface area contributed by atoms with Crippen LogP contribution in [0.1, 0.15) is 22.9 Å². The quantitative estimate of drug-likeness (QED) is 0.897. The van der Waals surface area contributed by atoms with Gasteiger partial charge in [0.15, 0.2) is 0 Å². The molecule has 2 aromatic heterocycles. The number of rotatable bonds is 2. The molecule has 2 heterocycles. The van der Waals surface area contributed by atoms with E-state index in [0.29, 0.717) is 0 Å². The predicted molar refractivity (Wildman–Crippen MR) is 74.6 cm³/mol. The molecule has 0 spiro atoms. The molecule has 0 radical (unpaired) electrons. The Hall–Kier alpha value is -0.780. The van der Waals surface area contributed by atoms with E-state index in [1.54, 1.807) is 18.6 Å². The standard InChI is InChI=1S/C12H11Br2N3/c1-7-2-8(5-16-4-7)11(15)12-10(14)3-9(13)6-17-12/h2-6,11H,15H2,1H3. The van der Waals surface area contributed by atoms with Crippen LogP contribution in [0.3, 0.4) is 0 Å². The van der Waals surface area contributed by atoms with E-state index in [0.717, 1.165) is 25.8 Å². The maximum absolute atomic E-state index is 6.19. The van der Waals surface area contributed by atoms with E-state index in [-0.39, 0.29) is 6.04 Å². The lowest BCUT2D eigenvalue weighted by molar-refractivity contribution is 0.813. The van der Waals surface area contributed by atoms with Crippen LogP contribution in [-0.4, -0.2) is 9.97 Å². The summed E-state index contributed by atoms with van der Waals surface area (Å²) in [6, 6.07) is 3.68. The fraction of sp³-hybridized carbons (Fsp3) is 0.167. The topological polar surface area (TPSA) is 51.8 Å². The van der Waals surface area contributed by atoms with Crippen LogP contribution in [0.15, 0.2) is 39.7 Å². The molecule has 0 saturated carbocycles. The van der Waals surface area contributed by atoms with Crippen molar-refractivity contribution in [3.05, 3.63) is 56.5 Å². The highest BCUT2D eigenvalue weighted by molar-refractivity contribution is 9.11. The van der Waals surface area contributed by atoms with E-state index in [2.05, 4.69) is 41.8 Å². The summed E-state index contributed by atoms with van der Waals surface area (Å²) in [5, 5.41) is 0. The molecule has 0 aromatic carbocycles. The molecule has 1 atom stereocenters. The van der Waals surface area contributed by atoms with Crippen LogP contribution in [0.25, 0.3) is 0 Å². The molecular formula is C12H11Br2N3. The highest BCUT2D eigenvalue weighted by Crippen LogP contribution is 2.27. The molecule has 88 valence electrons. The van der Waals surface area contributed by atoms with E-state index >= 15 is 0 Å². The largest absolute Gasteiger partial charge is 0.319 e. The van der Waals surface area contributed by atoms with E-state index < -0.39 is 0 Å². The van der Waals surface area contributed by atoms with Gasteiger partial charge in [0.05, 0.1) is 11.7 Å². The Labute approximate surface area is 117 Å². The summed E-state index contributed by atoms with van der Waals surface area (Å²) in [4.78, 5) is 8.48. The Kier molecular flexibility index (Phi) is 3.91. The summed E-state index contributed by atoms with van der Waals surface area (Å²) in [5.41, 5.74) is 9.04. The molecule has 0 fully saturated rings. The number of aryl methyl sites for hydroxylation is 1. The molecule has 0 aliphatic carbocycles. The fourth-order valence-corrected chi connectivity index (χ4v) is 2.79. The first-order valence-corrected chi connectivity index (χ1v) is 6.64. The molecule has 17 heavy (non-hydrogen) atoms. The third-order valence-electron chi connectivity index (χ3n) is 2.39. The molecule has 2 rings (SSSR count). The van der Waals surface area contributed by atoms with Crippen molar-refractivity contribution in [3.8, 4) is 0 Å². The van der Waals surface area contributed by atoms with Crippen LogP contribution in [0.4, 0.5) is 0 Å². The van der Waals surface area contributed by atoms with Crippen molar-refractivity contribution >= 4 is 31.9 Å². The van der Waals surface area contributed by atoms with Gasteiger partial charge < -0.3 is 5.73 Å². The maximum Gasteiger partial charge on any atom is 0.0759 e. The van der Waals surface area contributed by atoms with Crippen molar-refractivity contribution < 1.29 is 0 Å². The highest BCUT2D eigenvalue weighted by Gasteiger charge is 2.14. The van der Waals surface area contributed by atoms with Crippen LogP contribution in [0.5, 0.6) is 0 Å². The molecule has 0 aliphatic heterocycles. The molecule has 0 amide bonds. The molecule has 5 heteroatoms. The first-order valence-electron chi connectivity index (χ1n) is 5.06. The Morgan fingerprint density at radius 1 is 1.18 bits per heavy atom. The second-order valence-electron chi connectivity index (χ2n) is 3.79. The zero-order valence-electron chi connectivity index (χ0n) is 9.19. The van der Waals surface area contributed by atoms with Gasteiger partial charge in [0.25, 0.3) is 0 Å². The molecule has 0 aliphatic rings. The summed E-state index contributed by atoms with van der Waals surface area (Å²) in [5.74, 6) is 0. The summed E-state index contributed by atoms with van der Waals surface area (Å²) in [6.45, 7) is 1.99. The van der Waals surface area contributed by atoms with Gasteiger partial charge in [-0.25, -0.2) is 0 Å². The summed E-state index contributed by atoms with van der Waals surface area (Å²) < 4.78 is 1.81. The van der Waals surface area contributed by atoms with Crippen molar-refractivity contribution in [2.75, 3.05) is 0 Å². The fourth-order valence-electron chi connectivity index (χ4n) is 1.56. The van der Waals surface area contributed by atoms with Crippen molar-refractivity contribution in [1.82, 2.24) is 9.97 Å². The molecule has 2 aromatic rings. The van der Waals surface area contributed by atoms with Gasteiger partial charge in [0.1, 0.15) is 0 Å². The number of nitrogens with zero attached hydrogens (tertiary/aromatic N) is 2. The first kappa shape index (κ1) is 12.7. The minimum Gasteiger partial charge on any atom is -0.319 e. The number of pyridine rings is 2. The van der Waals surface area contributed by atoms with Crippen molar-refractivity contribution in [2.24, 2.45) is 5.73 Å². The van der Waals surface area contributed by atoms with Crippen LogP contribution >= 0.6 is 31.9 Å². The van der Waals surface area contributed by atoms with Crippen LogP contribution in [-0.2, 0) is 0 Å². The lowest BCUT2D eigenvalue weighted by Crippen LogP contribution is -2.14. The second-order valence-corrected chi connectivity index (χ2v) is 5.56. The molecule has 0 saturated heterocycles. The summed E-state index contributed by atoms with van der Waals surface area (Å²) in [6.07, 6.45) is 5.32. The van der Waals surface area contributed by atoms with Crippen LogP contribution in [0, 0.1) is 6.92 Å². The zero-order valence-corrected chi connectivity index (χ0v) is 12.4. The average Bonchev–Trinajstić information content (AvgIpc) is 2.28. The van der Waals surface area contributed by atoms with Crippen LogP contribution < -0.4 is 5.73 Å². The third-order valence-corrected chi connectivity index (χ3v) is 3.45. The monoisotopic (exact) mass is 355 g/mol. The minimum atomic E-state index is -0.273. The number of hydrogen-bond acceptors (Lipinski definition) is 3. The number of halogens is 2. The highest BCUT2D eigenvalue weighted by atomic mass is 79.9. The van der Waals surface area contributed by atoms with Gasteiger partial charge in [0, 0.05) is 27.5 Å². The van der Waals surface area contributed by atoms with E-state index in [1.165, 1.54) is 0 Å². The van der Waals surface area contributed by atoms with Gasteiger partial charge in [-0.1, -0.05) is 6.07 Å². The van der Waals surface area contributed by atoms with Crippen molar-refractivity contribution in [1.29, 1.82) is 0 Å². The Bertz CT molecular complexity index is 543. The number of hydrogen-bond donors (Lipinski definition) is 1. The number of aromatic nitrogens is 2. The normalized spacial score (nSPS) is 12.5. The molecule has 3 nitrogen and oxygen atoms in total.